The van der Waals surface area contributed by atoms with E-state index in [1.54, 1.807) is 0 Å². The molecule has 1 N–H and O–H groups in total. The standard InChI is InChI=1S/C9H14ClF2NO2/c1-15-7(14)8(3-2-4-10)5-9(11,12)6-13-8/h13H,2-6H2,1H3. The van der Waals surface area contributed by atoms with Crippen LogP contribution in [0, 0.1) is 0 Å². The molecule has 0 aromatic carbocycles. The number of methoxy groups -OCH3 is 1. The number of carbonyl (C=O) groups is 1. The number of rotatable bonds is 4. The number of ether oxygens (including phenoxy) is 1. The van der Waals surface area contributed by atoms with E-state index in [0.717, 1.165) is 0 Å². The minimum atomic E-state index is -2.85. The van der Waals surface area contributed by atoms with Gasteiger partial charge >= 0.3 is 5.97 Å². The van der Waals surface area contributed by atoms with Crippen LogP contribution >= 0.6 is 11.6 Å². The molecule has 1 heterocycles. The third-order valence-corrected chi connectivity index (χ3v) is 2.83. The molecule has 1 fully saturated rings. The normalized spacial score (nSPS) is 29.1. The molecule has 15 heavy (non-hydrogen) atoms. The Balaban J connectivity index is 2.75. The first-order valence-electron chi connectivity index (χ1n) is 4.73. The monoisotopic (exact) mass is 241 g/mol. The molecule has 1 unspecified atom stereocenters. The number of esters is 1. The van der Waals surface area contributed by atoms with Crippen molar-refractivity contribution in [3.63, 3.8) is 0 Å². The van der Waals surface area contributed by atoms with E-state index in [0.29, 0.717) is 12.3 Å². The summed E-state index contributed by atoms with van der Waals surface area (Å²) in [6.07, 6.45) is 0.266. The van der Waals surface area contributed by atoms with Crippen molar-refractivity contribution in [2.45, 2.75) is 30.7 Å². The minimum absolute atomic E-state index is 0.277. The van der Waals surface area contributed by atoms with Gasteiger partial charge in [-0.15, -0.1) is 11.6 Å². The van der Waals surface area contributed by atoms with Crippen LogP contribution in [0.2, 0.25) is 0 Å². The molecular weight excluding hydrogens is 228 g/mol. The Hall–Kier alpha value is -0.420. The Morgan fingerprint density at radius 2 is 2.27 bits per heavy atom. The Bertz CT molecular complexity index is 250. The van der Waals surface area contributed by atoms with Crippen molar-refractivity contribution in [1.29, 1.82) is 0 Å². The van der Waals surface area contributed by atoms with Gasteiger partial charge in [-0.3, -0.25) is 10.1 Å². The molecule has 88 valence electrons. The van der Waals surface area contributed by atoms with Gasteiger partial charge in [-0.2, -0.15) is 0 Å². The fourth-order valence-corrected chi connectivity index (χ4v) is 1.99. The molecule has 0 aromatic heterocycles. The average Bonchev–Trinajstić information content (AvgIpc) is 2.51. The maximum Gasteiger partial charge on any atom is 0.326 e. The van der Waals surface area contributed by atoms with Crippen molar-refractivity contribution in [3.05, 3.63) is 0 Å². The molecule has 0 amide bonds. The molecule has 0 saturated carbocycles. The lowest BCUT2D eigenvalue weighted by Crippen LogP contribution is -2.48. The summed E-state index contributed by atoms with van der Waals surface area (Å²) in [4.78, 5) is 11.5. The Kier molecular flexibility index (Phi) is 3.89. The fraction of sp³-hybridized carbons (Fsp3) is 0.889. The van der Waals surface area contributed by atoms with E-state index < -0.39 is 30.4 Å². The SMILES string of the molecule is COC(=O)C1(CCCCl)CC(F)(F)CN1. The van der Waals surface area contributed by atoms with Gasteiger partial charge in [-0.05, 0) is 12.8 Å². The zero-order valence-corrected chi connectivity index (χ0v) is 9.24. The molecule has 1 atom stereocenters. The molecule has 1 aliphatic rings. The molecule has 0 aliphatic carbocycles. The van der Waals surface area contributed by atoms with Crippen molar-refractivity contribution in [2.75, 3.05) is 19.5 Å². The Labute approximate surface area is 92.1 Å². The van der Waals surface area contributed by atoms with E-state index in [-0.39, 0.29) is 6.42 Å². The van der Waals surface area contributed by atoms with Crippen molar-refractivity contribution < 1.29 is 18.3 Å². The van der Waals surface area contributed by atoms with E-state index in [2.05, 4.69) is 10.1 Å². The van der Waals surface area contributed by atoms with Crippen LogP contribution in [0.1, 0.15) is 19.3 Å². The maximum absolute atomic E-state index is 13.1. The van der Waals surface area contributed by atoms with Gasteiger partial charge in [0.2, 0.25) is 0 Å². The number of nitrogens with one attached hydrogen (secondary N) is 1. The quantitative estimate of drug-likeness (QED) is 0.600. The lowest BCUT2D eigenvalue weighted by molar-refractivity contribution is -0.149. The second-order valence-corrected chi connectivity index (χ2v) is 4.13. The number of carbonyl (C=O) groups excluding carboxylic acids is 1. The van der Waals surface area contributed by atoms with Gasteiger partial charge in [0.15, 0.2) is 0 Å². The van der Waals surface area contributed by atoms with E-state index in [4.69, 9.17) is 11.6 Å². The molecule has 1 rings (SSSR count). The van der Waals surface area contributed by atoms with E-state index in [1.165, 1.54) is 7.11 Å². The molecule has 0 spiro atoms. The van der Waals surface area contributed by atoms with Gasteiger partial charge in [0.25, 0.3) is 5.92 Å². The maximum atomic E-state index is 13.1. The highest BCUT2D eigenvalue weighted by Crippen LogP contribution is 2.36. The van der Waals surface area contributed by atoms with Gasteiger partial charge in [0.1, 0.15) is 5.54 Å². The van der Waals surface area contributed by atoms with Gasteiger partial charge in [0.05, 0.1) is 13.7 Å². The summed E-state index contributed by atoms with van der Waals surface area (Å²) in [7, 11) is 1.20. The molecule has 6 heteroatoms. The van der Waals surface area contributed by atoms with Crippen LogP contribution in [0.25, 0.3) is 0 Å². The smallest absolute Gasteiger partial charge is 0.326 e. The first-order chi connectivity index (χ1) is 6.96. The summed E-state index contributed by atoms with van der Waals surface area (Å²) in [5.41, 5.74) is -1.26. The van der Waals surface area contributed by atoms with E-state index in [9.17, 15) is 13.6 Å². The van der Waals surface area contributed by atoms with Gasteiger partial charge in [0, 0.05) is 12.3 Å². The molecule has 1 saturated heterocycles. The van der Waals surface area contributed by atoms with Crippen LogP contribution in [-0.2, 0) is 9.53 Å². The van der Waals surface area contributed by atoms with Crippen molar-refractivity contribution in [1.82, 2.24) is 5.32 Å². The van der Waals surface area contributed by atoms with Crippen LogP contribution in [0.15, 0.2) is 0 Å². The molecule has 1 aliphatic heterocycles. The van der Waals surface area contributed by atoms with Crippen LogP contribution in [0.3, 0.4) is 0 Å². The summed E-state index contributed by atoms with van der Waals surface area (Å²) in [5, 5.41) is 2.56. The molecule has 0 bridgehead atoms. The molecular formula is C9H14ClF2NO2. The zero-order chi connectivity index (χ0) is 11.5. The van der Waals surface area contributed by atoms with E-state index >= 15 is 0 Å². The van der Waals surface area contributed by atoms with Crippen LogP contribution in [0.5, 0.6) is 0 Å². The van der Waals surface area contributed by atoms with Crippen LogP contribution in [0.4, 0.5) is 8.78 Å². The van der Waals surface area contributed by atoms with Crippen molar-refractivity contribution in [3.8, 4) is 0 Å². The summed E-state index contributed by atoms with van der Waals surface area (Å²) in [6.45, 7) is -0.482. The summed E-state index contributed by atoms with van der Waals surface area (Å²) >= 11 is 5.49. The topological polar surface area (TPSA) is 38.3 Å². The predicted molar refractivity (Wildman–Crippen MR) is 52.3 cm³/mol. The minimum Gasteiger partial charge on any atom is -0.468 e. The summed E-state index contributed by atoms with van der Waals surface area (Å²) < 4.78 is 30.7. The largest absolute Gasteiger partial charge is 0.468 e. The van der Waals surface area contributed by atoms with Crippen LogP contribution in [-0.4, -0.2) is 37.0 Å². The predicted octanol–water partition coefficient (Wildman–Crippen LogP) is 1.55. The highest BCUT2D eigenvalue weighted by atomic mass is 35.5. The zero-order valence-electron chi connectivity index (χ0n) is 8.49. The lowest BCUT2D eigenvalue weighted by atomic mass is 9.91. The highest BCUT2D eigenvalue weighted by Gasteiger charge is 2.53. The summed E-state index contributed by atoms with van der Waals surface area (Å²) in [6, 6.07) is 0. The number of halogens is 3. The highest BCUT2D eigenvalue weighted by molar-refractivity contribution is 6.17. The van der Waals surface area contributed by atoms with Gasteiger partial charge in [-0.25, -0.2) is 8.78 Å². The molecule has 0 aromatic rings. The number of hydrogen-bond donors (Lipinski definition) is 1. The molecule has 3 nitrogen and oxygen atoms in total. The Morgan fingerprint density at radius 1 is 1.60 bits per heavy atom. The number of hydrogen-bond acceptors (Lipinski definition) is 3. The first kappa shape index (κ1) is 12.6. The van der Waals surface area contributed by atoms with Crippen molar-refractivity contribution in [2.24, 2.45) is 0 Å². The van der Waals surface area contributed by atoms with Crippen LogP contribution < -0.4 is 5.32 Å². The molecule has 0 radical (unpaired) electrons. The van der Waals surface area contributed by atoms with E-state index in [1.807, 2.05) is 0 Å². The van der Waals surface area contributed by atoms with Gasteiger partial charge in [-0.1, -0.05) is 0 Å². The average molecular weight is 242 g/mol. The van der Waals surface area contributed by atoms with Gasteiger partial charge < -0.3 is 4.74 Å². The Morgan fingerprint density at radius 3 is 2.67 bits per heavy atom. The second kappa shape index (κ2) is 4.61. The first-order valence-corrected chi connectivity index (χ1v) is 5.26. The number of alkyl halides is 3. The third-order valence-electron chi connectivity index (χ3n) is 2.56. The van der Waals surface area contributed by atoms with Crippen molar-refractivity contribution >= 4 is 17.6 Å². The lowest BCUT2D eigenvalue weighted by Gasteiger charge is -2.25. The fourth-order valence-electron chi connectivity index (χ4n) is 1.85. The third kappa shape index (κ3) is 2.78. The second-order valence-electron chi connectivity index (χ2n) is 3.75. The summed E-state index contributed by atoms with van der Waals surface area (Å²) in [5.74, 6) is -3.14.